The van der Waals surface area contributed by atoms with E-state index in [1.54, 1.807) is 24.3 Å². The van der Waals surface area contributed by atoms with Crippen LogP contribution in [-0.4, -0.2) is 28.4 Å². The van der Waals surface area contributed by atoms with Crippen molar-refractivity contribution >= 4 is 56.8 Å². The summed E-state index contributed by atoms with van der Waals surface area (Å²) in [6.07, 6.45) is 3.17. The molecule has 1 fully saturated rings. The molecule has 4 nitrogen and oxygen atoms in total. The second-order valence-corrected chi connectivity index (χ2v) is 6.85. The molecule has 0 atom stereocenters. The van der Waals surface area contributed by atoms with Crippen LogP contribution in [0, 0.1) is 0 Å². The van der Waals surface area contributed by atoms with E-state index >= 15 is 0 Å². The van der Waals surface area contributed by atoms with Crippen LogP contribution in [0.3, 0.4) is 0 Å². The van der Waals surface area contributed by atoms with Crippen LogP contribution in [-0.2, 0) is 9.59 Å². The summed E-state index contributed by atoms with van der Waals surface area (Å²) in [6, 6.07) is 16.4. The quantitative estimate of drug-likeness (QED) is 0.318. The average Bonchev–Trinajstić information content (AvgIpc) is 2.65. The zero-order chi connectivity index (χ0) is 18.7. The van der Waals surface area contributed by atoms with E-state index in [9.17, 15) is 9.59 Å². The maximum absolute atomic E-state index is 13.1. The predicted octanol–water partition coefficient (Wildman–Crippen LogP) is 4.18. The molecule has 0 aromatic heterocycles. The summed E-state index contributed by atoms with van der Waals surface area (Å²) in [5, 5.41) is 0.152. The highest BCUT2D eigenvalue weighted by atomic mass is 79.9. The first-order chi connectivity index (χ1) is 12.5. The fourth-order valence-electron chi connectivity index (χ4n) is 2.60. The number of rotatable bonds is 4. The number of thiocarbonyl (C=S) groups is 1. The molecule has 2 aromatic carbocycles. The molecule has 0 spiro atoms. The maximum Gasteiger partial charge on any atom is 0.270 e. The van der Waals surface area contributed by atoms with Gasteiger partial charge in [0, 0.05) is 11.0 Å². The van der Waals surface area contributed by atoms with E-state index in [4.69, 9.17) is 12.2 Å². The van der Waals surface area contributed by atoms with Crippen LogP contribution >= 0.6 is 28.1 Å². The van der Waals surface area contributed by atoms with Crippen molar-refractivity contribution in [3.8, 4) is 0 Å². The van der Waals surface area contributed by atoms with Crippen molar-refractivity contribution in [2.75, 3.05) is 11.4 Å². The second kappa shape index (κ2) is 7.76. The van der Waals surface area contributed by atoms with Gasteiger partial charge in [0.15, 0.2) is 5.11 Å². The number of anilines is 1. The molecule has 0 saturated carbocycles. The molecule has 2 amide bonds. The highest BCUT2D eigenvalue weighted by Crippen LogP contribution is 2.26. The Balaban J connectivity index is 2.09. The smallest absolute Gasteiger partial charge is 0.270 e. The highest BCUT2D eigenvalue weighted by molar-refractivity contribution is 9.10. The van der Waals surface area contributed by atoms with Crippen molar-refractivity contribution in [3.05, 3.63) is 82.9 Å². The normalized spacial score (nSPS) is 16.3. The first-order valence-electron chi connectivity index (χ1n) is 7.86. The Bertz CT molecular complexity index is 907. The monoisotopic (exact) mass is 426 g/mol. The Morgan fingerprint density at radius 2 is 1.65 bits per heavy atom. The second-order valence-electron chi connectivity index (χ2n) is 5.57. The number of benzene rings is 2. The van der Waals surface area contributed by atoms with E-state index in [0.29, 0.717) is 5.69 Å². The predicted molar refractivity (Wildman–Crippen MR) is 111 cm³/mol. The molecule has 1 aliphatic rings. The third-order valence-electron chi connectivity index (χ3n) is 3.84. The van der Waals surface area contributed by atoms with Crippen LogP contribution in [0.2, 0.25) is 0 Å². The first kappa shape index (κ1) is 18.2. The molecular weight excluding hydrogens is 412 g/mol. The van der Waals surface area contributed by atoms with Crippen LogP contribution in [0.4, 0.5) is 5.69 Å². The SMILES string of the molecule is C=CCN1C(=O)/C(=C\c2ccc(Br)cc2)C(=O)N(c2ccccc2)C1=S. The van der Waals surface area contributed by atoms with Gasteiger partial charge in [-0.2, -0.15) is 0 Å². The van der Waals surface area contributed by atoms with Gasteiger partial charge in [-0.3, -0.25) is 19.4 Å². The van der Waals surface area contributed by atoms with Crippen molar-refractivity contribution in [3.63, 3.8) is 0 Å². The number of halogens is 1. The Labute approximate surface area is 165 Å². The van der Waals surface area contributed by atoms with Gasteiger partial charge in [-0.1, -0.05) is 52.3 Å². The van der Waals surface area contributed by atoms with Crippen molar-refractivity contribution in [2.24, 2.45) is 0 Å². The van der Waals surface area contributed by atoms with Crippen molar-refractivity contribution in [1.82, 2.24) is 4.90 Å². The lowest BCUT2D eigenvalue weighted by molar-refractivity contribution is -0.127. The van der Waals surface area contributed by atoms with Gasteiger partial charge in [0.05, 0.1) is 5.69 Å². The first-order valence-corrected chi connectivity index (χ1v) is 9.06. The summed E-state index contributed by atoms with van der Waals surface area (Å²) in [5.74, 6) is -0.857. The number of para-hydroxylation sites is 1. The van der Waals surface area contributed by atoms with Crippen LogP contribution in [0.1, 0.15) is 5.56 Å². The largest absolute Gasteiger partial charge is 0.280 e. The average molecular weight is 427 g/mol. The highest BCUT2D eigenvalue weighted by Gasteiger charge is 2.39. The standard InChI is InChI=1S/C20H15BrN2O2S/c1-2-12-22-18(24)17(13-14-8-10-15(21)11-9-14)19(25)23(20(22)26)16-6-4-3-5-7-16/h2-11,13H,1,12H2/b17-13+. The number of carbonyl (C=O) groups excluding carboxylic acids is 2. The molecule has 3 rings (SSSR count). The fourth-order valence-corrected chi connectivity index (χ4v) is 3.21. The van der Waals surface area contributed by atoms with Gasteiger partial charge >= 0.3 is 0 Å². The number of hydrogen-bond acceptors (Lipinski definition) is 3. The van der Waals surface area contributed by atoms with E-state index in [1.807, 2.05) is 42.5 Å². The molecule has 130 valence electrons. The van der Waals surface area contributed by atoms with Gasteiger partial charge in [0.25, 0.3) is 11.8 Å². The zero-order valence-electron chi connectivity index (χ0n) is 13.8. The van der Waals surface area contributed by atoms with Crippen molar-refractivity contribution < 1.29 is 9.59 Å². The minimum atomic E-state index is -0.436. The fraction of sp³-hybridized carbons (Fsp3) is 0.0500. The summed E-state index contributed by atoms with van der Waals surface area (Å²) in [6.45, 7) is 3.91. The van der Waals surface area contributed by atoms with Gasteiger partial charge < -0.3 is 0 Å². The molecule has 1 aliphatic heterocycles. The van der Waals surface area contributed by atoms with Gasteiger partial charge in [-0.05, 0) is 48.1 Å². The topological polar surface area (TPSA) is 40.6 Å². The Kier molecular flexibility index (Phi) is 5.44. The molecule has 0 unspecified atom stereocenters. The summed E-state index contributed by atoms with van der Waals surface area (Å²) < 4.78 is 0.918. The lowest BCUT2D eigenvalue weighted by Gasteiger charge is -2.36. The molecule has 2 aromatic rings. The number of amides is 2. The zero-order valence-corrected chi connectivity index (χ0v) is 16.2. The maximum atomic E-state index is 13.1. The third-order valence-corrected chi connectivity index (χ3v) is 4.77. The summed E-state index contributed by atoms with van der Waals surface area (Å²) in [7, 11) is 0. The van der Waals surface area contributed by atoms with Gasteiger partial charge in [-0.25, -0.2) is 0 Å². The van der Waals surface area contributed by atoms with Crippen LogP contribution < -0.4 is 4.90 Å². The molecule has 0 bridgehead atoms. The summed E-state index contributed by atoms with van der Waals surface area (Å²) in [4.78, 5) is 28.7. The van der Waals surface area contributed by atoms with Gasteiger partial charge in [-0.15, -0.1) is 6.58 Å². The molecule has 26 heavy (non-hydrogen) atoms. The Hall–Kier alpha value is -2.57. The van der Waals surface area contributed by atoms with E-state index in [1.165, 1.54) is 9.80 Å². The number of hydrogen-bond donors (Lipinski definition) is 0. The third kappa shape index (κ3) is 3.52. The minimum absolute atomic E-state index is 0.0617. The number of nitrogens with zero attached hydrogens (tertiary/aromatic N) is 2. The van der Waals surface area contributed by atoms with E-state index in [2.05, 4.69) is 22.5 Å². The molecular formula is C20H15BrN2O2S. The molecule has 1 saturated heterocycles. The lowest BCUT2D eigenvalue weighted by atomic mass is 10.1. The van der Waals surface area contributed by atoms with Crippen LogP contribution in [0.15, 0.2) is 77.3 Å². The van der Waals surface area contributed by atoms with E-state index in [0.717, 1.165) is 10.0 Å². The van der Waals surface area contributed by atoms with Gasteiger partial charge in [0.1, 0.15) is 5.57 Å². The molecule has 1 heterocycles. The molecule has 0 N–H and O–H groups in total. The Morgan fingerprint density at radius 3 is 2.27 bits per heavy atom. The van der Waals surface area contributed by atoms with E-state index in [-0.39, 0.29) is 17.2 Å². The van der Waals surface area contributed by atoms with Crippen LogP contribution in [0.5, 0.6) is 0 Å². The van der Waals surface area contributed by atoms with E-state index < -0.39 is 11.8 Å². The van der Waals surface area contributed by atoms with Crippen molar-refractivity contribution in [2.45, 2.75) is 0 Å². The summed E-state index contributed by atoms with van der Waals surface area (Å²) in [5.41, 5.74) is 1.43. The minimum Gasteiger partial charge on any atom is -0.280 e. The summed E-state index contributed by atoms with van der Waals surface area (Å²) >= 11 is 8.79. The molecule has 0 radical (unpaired) electrons. The number of carbonyl (C=O) groups is 2. The Morgan fingerprint density at radius 1 is 1.00 bits per heavy atom. The van der Waals surface area contributed by atoms with Crippen LogP contribution in [0.25, 0.3) is 6.08 Å². The lowest BCUT2D eigenvalue weighted by Crippen LogP contribution is -2.56. The molecule has 6 heteroatoms. The van der Waals surface area contributed by atoms with Crippen molar-refractivity contribution in [1.29, 1.82) is 0 Å². The molecule has 0 aliphatic carbocycles. The van der Waals surface area contributed by atoms with Gasteiger partial charge in [0.2, 0.25) is 0 Å².